The highest BCUT2D eigenvalue weighted by atomic mass is 32.1. The van der Waals surface area contributed by atoms with Crippen LogP contribution in [0.25, 0.3) is 5.57 Å². The Morgan fingerprint density at radius 2 is 2.47 bits per heavy atom. The molecule has 15 heavy (non-hydrogen) atoms. The molecule has 1 aliphatic rings. The Labute approximate surface area is 93.8 Å². The molecule has 1 aromatic rings. The Hall–Kier alpha value is -1.33. The third kappa shape index (κ3) is 2.19. The number of thiophene rings is 1. The van der Waals surface area contributed by atoms with Crippen LogP contribution < -0.4 is 0 Å². The normalized spacial score (nSPS) is 20.9. The van der Waals surface area contributed by atoms with Crippen molar-refractivity contribution in [3.8, 4) is 12.3 Å². The SMILES string of the molecule is C#CCC1CCC(c2cccs2)=CC1=O. The Kier molecular flexibility index (Phi) is 3.03. The van der Waals surface area contributed by atoms with E-state index < -0.39 is 0 Å². The predicted octanol–water partition coefficient (Wildman–Crippen LogP) is 3.13. The van der Waals surface area contributed by atoms with Gasteiger partial charge in [-0.1, -0.05) is 6.07 Å². The lowest BCUT2D eigenvalue weighted by Gasteiger charge is -2.18. The maximum atomic E-state index is 11.7. The van der Waals surface area contributed by atoms with Gasteiger partial charge >= 0.3 is 0 Å². The molecule has 0 radical (unpaired) electrons. The van der Waals surface area contributed by atoms with Crippen LogP contribution in [0.2, 0.25) is 0 Å². The van der Waals surface area contributed by atoms with Crippen molar-refractivity contribution in [1.82, 2.24) is 0 Å². The zero-order chi connectivity index (χ0) is 10.7. The maximum absolute atomic E-state index is 11.7. The first-order chi connectivity index (χ1) is 7.31. The van der Waals surface area contributed by atoms with E-state index in [4.69, 9.17) is 6.42 Å². The summed E-state index contributed by atoms with van der Waals surface area (Å²) in [7, 11) is 0. The van der Waals surface area contributed by atoms with Crippen LogP contribution in [-0.2, 0) is 4.79 Å². The molecule has 0 saturated carbocycles. The largest absolute Gasteiger partial charge is 0.294 e. The highest BCUT2D eigenvalue weighted by Gasteiger charge is 2.22. The molecule has 1 atom stereocenters. The highest BCUT2D eigenvalue weighted by Crippen LogP contribution is 2.31. The van der Waals surface area contributed by atoms with E-state index in [2.05, 4.69) is 12.0 Å². The molecule has 0 N–H and O–H groups in total. The van der Waals surface area contributed by atoms with Crippen molar-refractivity contribution in [1.29, 1.82) is 0 Å². The third-order valence-electron chi connectivity index (χ3n) is 2.68. The summed E-state index contributed by atoms with van der Waals surface area (Å²) >= 11 is 1.69. The molecule has 2 rings (SSSR count). The molecule has 0 fully saturated rings. The van der Waals surface area contributed by atoms with Gasteiger partial charge in [0.15, 0.2) is 5.78 Å². The van der Waals surface area contributed by atoms with Crippen LogP contribution >= 0.6 is 11.3 Å². The number of terminal acetylenes is 1. The van der Waals surface area contributed by atoms with Crippen molar-refractivity contribution in [2.75, 3.05) is 0 Å². The number of hydrogen-bond donors (Lipinski definition) is 0. The van der Waals surface area contributed by atoms with Gasteiger partial charge in [-0.25, -0.2) is 0 Å². The van der Waals surface area contributed by atoms with E-state index in [-0.39, 0.29) is 11.7 Å². The molecular weight excluding hydrogens is 204 g/mol. The standard InChI is InChI=1S/C13H12OS/c1-2-4-10-6-7-11(9-12(10)14)13-5-3-8-15-13/h1,3,5,8-10H,4,6-7H2. The quantitative estimate of drug-likeness (QED) is 0.694. The van der Waals surface area contributed by atoms with E-state index in [9.17, 15) is 4.79 Å². The first-order valence-corrected chi connectivity index (χ1v) is 5.91. The minimum Gasteiger partial charge on any atom is -0.294 e. The van der Waals surface area contributed by atoms with Gasteiger partial charge in [0.05, 0.1) is 0 Å². The number of allylic oxidation sites excluding steroid dienone is 2. The molecule has 1 heterocycles. The summed E-state index contributed by atoms with van der Waals surface area (Å²) in [5, 5.41) is 2.04. The van der Waals surface area contributed by atoms with Crippen LogP contribution in [0.15, 0.2) is 23.6 Å². The van der Waals surface area contributed by atoms with Crippen LogP contribution in [0.4, 0.5) is 0 Å². The fraction of sp³-hybridized carbons (Fsp3) is 0.308. The lowest BCUT2D eigenvalue weighted by Crippen LogP contribution is -2.16. The first-order valence-electron chi connectivity index (χ1n) is 5.03. The molecule has 0 spiro atoms. The Bertz CT molecular complexity index is 420. The van der Waals surface area contributed by atoms with Crippen LogP contribution in [-0.4, -0.2) is 5.78 Å². The van der Waals surface area contributed by atoms with Crippen molar-refractivity contribution in [3.63, 3.8) is 0 Å². The second-order valence-electron chi connectivity index (χ2n) is 3.69. The molecule has 0 aliphatic heterocycles. The molecule has 1 unspecified atom stereocenters. The molecule has 0 bridgehead atoms. The molecule has 1 aromatic heterocycles. The highest BCUT2D eigenvalue weighted by molar-refractivity contribution is 7.11. The smallest absolute Gasteiger partial charge is 0.160 e. The fourth-order valence-corrected chi connectivity index (χ4v) is 2.61. The number of carbonyl (C=O) groups is 1. The van der Waals surface area contributed by atoms with Crippen molar-refractivity contribution in [2.45, 2.75) is 19.3 Å². The van der Waals surface area contributed by atoms with Crippen molar-refractivity contribution >= 4 is 22.7 Å². The van der Waals surface area contributed by atoms with Gasteiger partial charge in [0.1, 0.15) is 0 Å². The van der Waals surface area contributed by atoms with Crippen molar-refractivity contribution in [3.05, 3.63) is 28.5 Å². The molecule has 0 aromatic carbocycles. The molecule has 0 amide bonds. The Morgan fingerprint density at radius 3 is 3.07 bits per heavy atom. The van der Waals surface area contributed by atoms with E-state index in [0.29, 0.717) is 6.42 Å². The van der Waals surface area contributed by atoms with Gasteiger partial charge in [0.2, 0.25) is 0 Å². The Morgan fingerprint density at radius 1 is 1.60 bits per heavy atom. The van der Waals surface area contributed by atoms with E-state index in [1.54, 1.807) is 17.4 Å². The van der Waals surface area contributed by atoms with Gasteiger partial charge in [-0.3, -0.25) is 4.79 Å². The summed E-state index contributed by atoms with van der Waals surface area (Å²) in [6.07, 6.45) is 9.45. The summed E-state index contributed by atoms with van der Waals surface area (Å²) in [5.74, 6) is 2.82. The number of ketones is 1. The molecule has 1 aliphatic carbocycles. The van der Waals surface area contributed by atoms with Gasteiger partial charge in [-0.2, -0.15) is 0 Å². The molecular formula is C13H12OS. The van der Waals surface area contributed by atoms with Gasteiger partial charge in [-0.15, -0.1) is 23.7 Å². The van der Waals surface area contributed by atoms with Crippen LogP contribution in [0, 0.1) is 18.3 Å². The fourth-order valence-electron chi connectivity index (χ4n) is 1.83. The lowest BCUT2D eigenvalue weighted by molar-refractivity contribution is -0.118. The van der Waals surface area contributed by atoms with E-state index in [0.717, 1.165) is 12.8 Å². The van der Waals surface area contributed by atoms with Crippen LogP contribution in [0.1, 0.15) is 24.1 Å². The van der Waals surface area contributed by atoms with E-state index in [1.165, 1.54) is 10.5 Å². The number of carbonyl (C=O) groups excluding carboxylic acids is 1. The molecule has 2 heteroatoms. The monoisotopic (exact) mass is 216 g/mol. The summed E-state index contributed by atoms with van der Waals surface area (Å²) in [5.41, 5.74) is 1.17. The topological polar surface area (TPSA) is 17.1 Å². The number of rotatable bonds is 2. The Balaban J connectivity index is 2.16. The molecule has 0 saturated heterocycles. The van der Waals surface area contributed by atoms with Crippen LogP contribution in [0.3, 0.4) is 0 Å². The zero-order valence-corrected chi connectivity index (χ0v) is 9.22. The summed E-state index contributed by atoms with van der Waals surface area (Å²) in [6.45, 7) is 0. The average Bonchev–Trinajstić information content (AvgIpc) is 2.74. The second kappa shape index (κ2) is 4.46. The van der Waals surface area contributed by atoms with Crippen molar-refractivity contribution < 1.29 is 4.79 Å². The van der Waals surface area contributed by atoms with Gasteiger partial charge in [0.25, 0.3) is 0 Å². The average molecular weight is 216 g/mol. The summed E-state index contributed by atoms with van der Waals surface area (Å²) in [6, 6.07) is 4.07. The minimum atomic E-state index is 0.0544. The minimum absolute atomic E-state index is 0.0544. The van der Waals surface area contributed by atoms with E-state index >= 15 is 0 Å². The van der Waals surface area contributed by atoms with Crippen molar-refractivity contribution in [2.24, 2.45) is 5.92 Å². The second-order valence-corrected chi connectivity index (χ2v) is 4.64. The van der Waals surface area contributed by atoms with Gasteiger partial charge in [0, 0.05) is 17.2 Å². The van der Waals surface area contributed by atoms with E-state index in [1.807, 2.05) is 11.4 Å². The predicted molar refractivity (Wildman–Crippen MR) is 63.5 cm³/mol. The van der Waals surface area contributed by atoms with Gasteiger partial charge < -0.3 is 0 Å². The first kappa shape index (κ1) is 10.2. The van der Waals surface area contributed by atoms with Gasteiger partial charge in [-0.05, 0) is 35.9 Å². The molecule has 76 valence electrons. The molecule has 1 nitrogen and oxygen atoms in total. The lowest BCUT2D eigenvalue weighted by atomic mass is 9.86. The summed E-state index contributed by atoms with van der Waals surface area (Å²) in [4.78, 5) is 12.9. The third-order valence-corrected chi connectivity index (χ3v) is 3.63. The summed E-state index contributed by atoms with van der Waals surface area (Å²) < 4.78 is 0. The maximum Gasteiger partial charge on any atom is 0.160 e. The zero-order valence-electron chi connectivity index (χ0n) is 8.40. The number of hydrogen-bond acceptors (Lipinski definition) is 2. The van der Waals surface area contributed by atoms with Crippen LogP contribution in [0.5, 0.6) is 0 Å².